The number of alkyl halides is 3. The molecule has 0 fully saturated rings. The molecule has 0 unspecified atom stereocenters. The van der Waals surface area contributed by atoms with Crippen molar-refractivity contribution in [2.45, 2.75) is 12.6 Å². The topological polar surface area (TPSA) is 61.4 Å². The summed E-state index contributed by atoms with van der Waals surface area (Å²) in [5.74, 6) is -0.307. The summed E-state index contributed by atoms with van der Waals surface area (Å²) in [5.41, 5.74) is 0.0788. The number of carbonyl (C=O) groups is 2. The predicted molar refractivity (Wildman–Crippen MR) is 72.0 cm³/mol. The van der Waals surface area contributed by atoms with Crippen molar-refractivity contribution in [3.63, 3.8) is 0 Å². The molecule has 0 aliphatic carbocycles. The van der Waals surface area contributed by atoms with Gasteiger partial charge in [-0.25, -0.2) is 4.79 Å². The number of rotatable bonds is 1. The Balaban J connectivity index is 2.07. The van der Waals surface area contributed by atoms with Crippen LogP contribution in [0.1, 0.15) is 12.0 Å². The molecule has 0 aromatic heterocycles. The Labute approximate surface area is 123 Å². The molecule has 2 aliphatic rings. The van der Waals surface area contributed by atoms with Gasteiger partial charge >= 0.3 is 12.2 Å². The van der Waals surface area contributed by atoms with Gasteiger partial charge in [-0.15, -0.1) is 0 Å². The summed E-state index contributed by atoms with van der Waals surface area (Å²) in [6, 6.07) is 3.96. The van der Waals surface area contributed by atoms with Crippen molar-refractivity contribution >= 4 is 17.6 Å². The van der Waals surface area contributed by atoms with Crippen LogP contribution in [-0.4, -0.2) is 25.0 Å². The first-order valence-electron chi connectivity index (χ1n) is 6.63. The molecule has 0 spiro atoms. The van der Waals surface area contributed by atoms with E-state index in [9.17, 15) is 22.8 Å². The van der Waals surface area contributed by atoms with Crippen molar-refractivity contribution in [1.29, 1.82) is 0 Å². The van der Waals surface area contributed by atoms with Gasteiger partial charge in [0, 0.05) is 18.7 Å². The zero-order valence-corrected chi connectivity index (χ0v) is 11.3. The van der Waals surface area contributed by atoms with Crippen molar-refractivity contribution in [2.24, 2.45) is 0 Å². The van der Waals surface area contributed by atoms with E-state index in [1.807, 2.05) is 0 Å². The van der Waals surface area contributed by atoms with Crippen LogP contribution < -0.4 is 15.5 Å². The number of benzene rings is 1. The van der Waals surface area contributed by atoms with Crippen LogP contribution in [0.3, 0.4) is 0 Å². The largest absolute Gasteiger partial charge is 0.416 e. The minimum absolute atomic E-state index is 0.0788. The predicted octanol–water partition coefficient (Wildman–Crippen LogP) is 2.01. The van der Waals surface area contributed by atoms with Gasteiger partial charge in [-0.2, -0.15) is 13.2 Å². The molecule has 0 radical (unpaired) electrons. The summed E-state index contributed by atoms with van der Waals surface area (Å²) in [5, 5.41) is 5.15. The molecule has 1 aromatic rings. The van der Waals surface area contributed by atoms with Gasteiger partial charge in [0.25, 0.3) is 5.91 Å². The number of carbonyl (C=O) groups excluding carboxylic acids is 2. The molecule has 5 nitrogen and oxygen atoms in total. The highest BCUT2D eigenvalue weighted by Crippen LogP contribution is 2.34. The third-order valence-corrected chi connectivity index (χ3v) is 3.59. The van der Waals surface area contributed by atoms with E-state index >= 15 is 0 Å². The Bertz CT molecular complexity index is 682. The maximum atomic E-state index is 12.8. The molecule has 1 aromatic carbocycles. The van der Waals surface area contributed by atoms with Crippen LogP contribution in [-0.2, 0) is 11.0 Å². The summed E-state index contributed by atoms with van der Waals surface area (Å²) in [7, 11) is 0. The molecule has 3 amide bonds. The highest BCUT2D eigenvalue weighted by Gasteiger charge is 2.35. The number of urea groups is 1. The average molecular weight is 311 g/mol. The SMILES string of the molecule is O=C1NCCC2=C1CNC(=O)N2c1cccc(C(F)(F)F)c1. The maximum Gasteiger partial charge on any atom is 0.416 e. The molecule has 0 saturated carbocycles. The van der Waals surface area contributed by atoms with Gasteiger partial charge in [0.1, 0.15) is 0 Å². The Morgan fingerprint density at radius 2 is 1.91 bits per heavy atom. The zero-order chi connectivity index (χ0) is 15.9. The van der Waals surface area contributed by atoms with E-state index in [4.69, 9.17) is 0 Å². The highest BCUT2D eigenvalue weighted by molar-refractivity contribution is 6.04. The fraction of sp³-hybridized carbons (Fsp3) is 0.286. The van der Waals surface area contributed by atoms with E-state index in [-0.39, 0.29) is 18.1 Å². The minimum atomic E-state index is -4.50. The van der Waals surface area contributed by atoms with Gasteiger partial charge in [0.15, 0.2) is 0 Å². The van der Waals surface area contributed by atoms with Crippen LogP contribution in [0.25, 0.3) is 0 Å². The maximum absolute atomic E-state index is 12.8. The van der Waals surface area contributed by atoms with Crippen LogP contribution in [0, 0.1) is 0 Å². The Kier molecular flexibility index (Phi) is 3.31. The lowest BCUT2D eigenvalue weighted by Gasteiger charge is -2.34. The van der Waals surface area contributed by atoms with E-state index in [2.05, 4.69) is 10.6 Å². The van der Waals surface area contributed by atoms with E-state index in [0.717, 1.165) is 17.0 Å². The van der Waals surface area contributed by atoms with Crippen molar-refractivity contribution in [2.75, 3.05) is 18.0 Å². The number of amides is 3. The van der Waals surface area contributed by atoms with Gasteiger partial charge < -0.3 is 10.6 Å². The van der Waals surface area contributed by atoms with E-state index in [1.165, 1.54) is 12.1 Å². The third kappa shape index (κ3) is 2.40. The molecule has 8 heteroatoms. The first kappa shape index (κ1) is 14.4. The zero-order valence-electron chi connectivity index (χ0n) is 11.3. The number of anilines is 1. The van der Waals surface area contributed by atoms with Gasteiger partial charge in [-0.1, -0.05) is 6.07 Å². The molecule has 0 atom stereocenters. The van der Waals surface area contributed by atoms with Crippen molar-refractivity contribution in [1.82, 2.24) is 10.6 Å². The first-order chi connectivity index (χ1) is 10.4. The molecule has 2 aliphatic heterocycles. The van der Waals surface area contributed by atoms with Crippen molar-refractivity contribution < 1.29 is 22.8 Å². The van der Waals surface area contributed by atoms with Gasteiger partial charge in [-0.05, 0) is 18.2 Å². The van der Waals surface area contributed by atoms with Crippen molar-refractivity contribution in [3.05, 3.63) is 41.1 Å². The summed E-state index contributed by atoms with van der Waals surface area (Å²) >= 11 is 0. The Morgan fingerprint density at radius 3 is 2.64 bits per heavy atom. The van der Waals surface area contributed by atoms with Gasteiger partial charge in [0.05, 0.1) is 23.4 Å². The monoisotopic (exact) mass is 311 g/mol. The molecular weight excluding hydrogens is 299 g/mol. The Morgan fingerprint density at radius 1 is 1.14 bits per heavy atom. The second-order valence-corrected chi connectivity index (χ2v) is 4.97. The van der Waals surface area contributed by atoms with Gasteiger partial charge in [0.2, 0.25) is 0 Å². The quantitative estimate of drug-likeness (QED) is 0.833. The van der Waals surface area contributed by atoms with E-state index < -0.39 is 17.8 Å². The fourth-order valence-electron chi connectivity index (χ4n) is 2.57. The molecule has 0 bridgehead atoms. The first-order valence-corrected chi connectivity index (χ1v) is 6.63. The molecule has 3 rings (SSSR count). The smallest absolute Gasteiger partial charge is 0.352 e. The standard InChI is InChI=1S/C14H12F3N3O2/c15-14(16,17)8-2-1-3-9(6-8)20-11-4-5-18-12(21)10(11)7-19-13(20)22/h1-3,6H,4-5,7H2,(H,18,21)(H,19,22). The highest BCUT2D eigenvalue weighted by atomic mass is 19.4. The van der Waals surface area contributed by atoms with Gasteiger partial charge in [-0.3, -0.25) is 9.69 Å². The van der Waals surface area contributed by atoms with E-state index in [0.29, 0.717) is 24.2 Å². The average Bonchev–Trinajstić information content (AvgIpc) is 2.46. The molecular formula is C14H12F3N3O2. The lowest BCUT2D eigenvalue weighted by Crippen LogP contribution is -2.51. The lowest BCUT2D eigenvalue weighted by atomic mass is 10.0. The second-order valence-electron chi connectivity index (χ2n) is 4.97. The molecule has 22 heavy (non-hydrogen) atoms. The number of nitrogens with zero attached hydrogens (tertiary/aromatic N) is 1. The Hall–Kier alpha value is -2.51. The van der Waals surface area contributed by atoms with Crippen LogP contribution in [0.4, 0.5) is 23.7 Å². The summed E-state index contributed by atoms with van der Waals surface area (Å²) < 4.78 is 38.5. The summed E-state index contributed by atoms with van der Waals surface area (Å²) in [6.45, 7) is 0.426. The summed E-state index contributed by atoms with van der Waals surface area (Å²) in [4.78, 5) is 25.0. The van der Waals surface area contributed by atoms with E-state index in [1.54, 1.807) is 0 Å². The lowest BCUT2D eigenvalue weighted by molar-refractivity contribution is -0.137. The number of hydrogen-bond donors (Lipinski definition) is 2. The third-order valence-electron chi connectivity index (χ3n) is 3.59. The van der Waals surface area contributed by atoms with Crippen LogP contribution >= 0.6 is 0 Å². The molecule has 116 valence electrons. The number of nitrogens with one attached hydrogen (secondary N) is 2. The molecule has 2 heterocycles. The molecule has 2 N–H and O–H groups in total. The summed E-state index contributed by atoms with van der Waals surface area (Å²) in [6.07, 6.45) is -4.10. The van der Waals surface area contributed by atoms with Crippen LogP contribution in [0.2, 0.25) is 0 Å². The number of halogens is 3. The van der Waals surface area contributed by atoms with Crippen LogP contribution in [0.15, 0.2) is 35.5 Å². The van der Waals surface area contributed by atoms with Crippen molar-refractivity contribution in [3.8, 4) is 0 Å². The molecule has 0 saturated heterocycles. The second kappa shape index (κ2) is 5.04. The van der Waals surface area contributed by atoms with Crippen LogP contribution in [0.5, 0.6) is 0 Å². The fourth-order valence-corrected chi connectivity index (χ4v) is 2.57. The normalized spacial score (nSPS) is 18.8. The number of hydrogen-bond acceptors (Lipinski definition) is 2. The minimum Gasteiger partial charge on any atom is -0.352 e.